The van der Waals surface area contributed by atoms with Crippen molar-refractivity contribution in [1.29, 1.82) is 0 Å². The summed E-state index contributed by atoms with van der Waals surface area (Å²) in [5.74, 6) is -0.591. The smallest absolute Gasteiger partial charge is 0.344 e. The molecular weight excluding hydrogens is 276 g/mol. The molecule has 0 saturated heterocycles. The molecule has 0 aliphatic carbocycles. The van der Waals surface area contributed by atoms with E-state index < -0.39 is 12.1 Å². The normalized spacial score (nSPS) is 11.9. The Bertz CT molecular complexity index is 631. The van der Waals surface area contributed by atoms with E-state index in [4.69, 9.17) is 9.84 Å². The maximum atomic E-state index is 12.2. The van der Waals surface area contributed by atoms with Crippen LogP contribution in [-0.2, 0) is 4.79 Å². The number of carbonyl (C=O) groups is 2. The Morgan fingerprint density at radius 3 is 2.60 bits per heavy atom. The van der Waals surface area contributed by atoms with Gasteiger partial charge in [0.25, 0.3) is 0 Å². The van der Waals surface area contributed by atoms with Gasteiger partial charge in [0.05, 0.1) is 4.88 Å². The number of carbonyl (C=O) groups excluding carboxylic acids is 1. The number of aryl methyl sites for hydroxylation is 1. The Hall–Kier alpha value is -2.14. The van der Waals surface area contributed by atoms with Crippen LogP contribution in [0.25, 0.3) is 0 Å². The largest absolute Gasteiger partial charge is 0.479 e. The van der Waals surface area contributed by atoms with Crippen LogP contribution >= 0.6 is 11.3 Å². The van der Waals surface area contributed by atoms with Crippen molar-refractivity contribution in [3.8, 4) is 5.75 Å². The monoisotopic (exact) mass is 290 g/mol. The van der Waals surface area contributed by atoms with Gasteiger partial charge >= 0.3 is 5.97 Å². The van der Waals surface area contributed by atoms with Crippen LogP contribution in [0.2, 0.25) is 0 Å². The van der Waals surface area contributed by atoms with E-state index >= 15 is 0 Å². The second kappa shape index (κ2) is 5.88. The molecule has 104 valence electrons. The number of hydrogen-bond acceptors (Lipinski definition) is 4. The zero-order valence-corrected chi connectivity index (χ0v) is 11.9. The van der Waals surface area contributed by atoms with Gasteiger partial charge in [0.1, 0.15) is 5.75 Å². The summed E-state index contributed by atoms with van der Waals surface area (Å²) in [6, 6.07) is 8.61. The van der Waals surface area contributed by atoms with Gasteiger partial charge in [-0.3, -0.25) is 4.79 Å². The van der Waals surface area contributed by atoms with Gasteiger partial charge in [-0.2, -0.15) is 0 Å². The van der Waals surface area contributed by atoms with Crippen molar-refractivity contribution in [3.05, 3.63) is 51.7 Å². The summed E-state index contributed by atoms with van der Waals surface area (Å²) in [4.78, 5) is 23.6. The summed E-state index contributed by atoms with van der Waals surface area (Å²) < 4.78 is 5.32. The first-order valence-corrected chi connectivity index (χ1v) is 6.95. The predicted octanol–water partition coefficient (Wildman–Crippen LogP) is 3.14. The lowest BCUT2D eigenvalue weighted by Gasteiger charge is -2.13. The van der Waals surface area contributed by atoms with Gasteiger partial charge in [-0.25, -0.2) is 4.79 Å². The van der Waals surface area contributed by atoms with E-state index in [1.165, 1.54) is 18.3 Å². The third kappa shape index (κ3) is 3.05. The molecule has 1 aromatic carbocycles. The van der Waals surface area contributed by atoms with Gasteiger partial charge in [0.2, 0.25) is 5.78 Å². The van der Waals surface area contributed by atoms with Crippen molar-refractivity contribution in [3.63, 3.8) is 0 Å². The number of ketones is 1. The summed E-state index contributed by atoms with van der Waals surface area (Å²) in [6.07, 6.45) is -0.924. The Kier molecular flexibility index (Phi) is 4.20. The topological polar surface area (TPSA) is 63.6 Å². The minimum absolute atomic E-state index is 0.0408. The molecule has 1 heterocycles. The van der Waals surface area contributed by atoms with E-state index in [1.54, 1.807) is 31.2 Å². The highest BCUT2D eigenvalue weighted by Gasteiger charge is 2.16. The molecule has 1 aromatic heterocycles. The highest BCUT2D eigenvalue weighted by atomic mass is 32.1. The molecular formula is C15H14O4S. The Morgan fingerprint density at radius 1 is 1.30 bits per heavy atom. The first-order valence-electron chi connectivity index (χ1n) is 6.07. The number of thiophene rings is 1. The lowest BCUT2D eigenvalue weighted by Crippen LogP contribution is -2.23. The van der Waals surface area contributed by atoms with Crippen molar-refractivity contribution in [1.82, 2.24) is 0 Å². The molecule has 2 rings (SSSR count). The summed E-state index contributed by atoms with van der Waals surface area (Å²) in [7, 11) is 0. The fraction of sp³-hybridized carbons (Fsp3) is 0.200. The SMILES string of the molecule is Cc1cc(C(=O)c2cccs2)ccc1OC(C)C(=O)O. The van der Waals surface area contributed by atoms with Crippen LogP contribution in [0.15, 0.2) is 35.7 Å². The van der Waals surface area contributed by atoms with Crippen molar-refractivity contribution in [2.75, 3.05) is 0 Å². The fourth-order valence-corrected chi connectivity index (χ4v) is 2.40. The maximum Gasteiger partial charge on any atom is 0.344 e. The molecule has 0 bridgehead atoms. The summed E-state index contributed by atoms with van der Waals surface area (Å²) >= 11 is 1.39. The zero-order valence-electron chi connectivity index (χ0n) is 11.1. The highest BCUT2D eigenvalue weighted by molar-refractivity contribution is 7.12. The highest BCUT2D eigenvalue weighted by Crippen LogP contribution is 2.23. The van der Waals surface area contributed by atoms with Crippen molar-refractivity contribution < 1.29 is 19.4 Å². The van der Waals surface area contributed by atoms with Gasteiger partial charge < -0.3 is 9.84 Å². The van der Waals surface area contributed by atoms with E-state index in [-0.39, 0.29) is 5.78 Å². The molecule has 1 atom stereocenters. The number of hydrogen-bond donors (Lipinski definition) is 1. The van der Waals surface area contributed by atoms with Crippen LogP contribution in [0.4, 0.5) is 0 Å². The number of aliphatic carboxylic acids is 1. The summed E-state index contributed by atoms with van der Waals surface area (Å²) in [5.41, 5.74) is 1.31. The van der Waals surface area contributed by atoms with Crippen LogP contribution in [-0.4, -0.2) is 23.0 Å². The lowest BCUT2D eigenvalue weighted by atomic mass is 10.1. The van der Waals surface area contributed by atoms with Crippen LogP contribution in [0.1, 0.15) is 27.7 Å². The first-order chi connectivity index (χ1) is 9.49. The molecule has 0 saturated carbocycles. The number of carboxylic acids is 1. The van der Waals surface area contributed by atoms with Gasteiger partial charge in [0, 0.05) is 5.56 Å². The molecule has 4 nitrogen and oxygen atoms in total. The zero-order chi connectivity index (χ0) is 14.7. The quantitative estimate of drug-likeness (QED) is 0.859. The molecule has 5 heteroatoms. The average Bonchev–Trinajstić information content (AvgIpc) is 2.94. The molecule has 0 radical (unpaired) electrons. The van der Waals surface area contributed by atoms with E-state index in [2.05, 4.69) is 0 Å². The molecule has 2 aromatic rings. The minimum atomic E-state index is -1.02. The molecule has 20 heavy (non-hydrogen) atoms. The first kappa shape index (κ1) is 14.3. The average molecular weight is 290 g/mol. The van der Waals surface area contributed by atoms with Gasteiger partial charge in [-0.1, -0.05) is 6.07 Å². The Labute approximate surface area is 120 Å². The van der Waals surface area contributed by atoms with Gasteiger partial charge in [-0.15, -0.1) is 11.3 Å². The van der Waals surface area contributed by atoms with E-state index in [0.29, 0.717) is 16.2 Å². The third-order valence-corrected chi connectivity index (χ3v) is 3.70. The van der Waals surface area contributed by atoms with Gasteiger partial charge in [-0.05, 0) is 49.1 Å². The van der Waals surface area contributed by atoms with Crippen molar-refractivity contribution >= 4 is 23.1 Å². The second-order valence-electron chi connectivity index (χ2n) is 4.39. The lowest BCUT2D eigenvalue weighted by molar-refractivity contribution is -0.144. The number of carboxylic acid groups (broad SMARTS) is 1. The molecule has 0 aliphatic heterocycles. The number of rotatable bonds is 5. The third-order valence-electron chi connectivity index (χ3n) is 2.83. The van der Waals surface area contributed by atoms with Crippen LogP contribution in [0, 0.1) is 6.92 Å². The number of benzene rings is 1. The fourth-order valence-electron chi connectivity index (χ4n) is 1.71. The predicted molar refractivity (Wildman–Crippen MR) is 76.7 cm³/mol. The summed E-state index contributed by atoms with van der Waals surface area (Å²) in [5, 5.41) is 10.7. The molecule has 0 amide bonds. The van der Waals surface area contributed by atoms with E-state index in [9.17, 15) is 9.59 Å². The Balaban J connectivity index is 2.22. The number of ether oxygens (including phenoxy) is 1. The van der Waals surface area contributed by atoms with E-state index in [1.807, 2.05) is 11.4 Å². The molecule has 0 spiro atoms. The van der Waals surface area contributed by atoms with Crippen LogP contribution in [0.5, 0.6) is 5.75 Å². The molecule has 0 aliphatic rings. The van der Waals surface area contributed by atoms with E-state index in [0.717, 1.165) is 5.56 Å². The molecule has 1 unspecified atom stereocenters. The molecule has 0 fully saturated rings. The van der Waals surface area contributed by atoms with Crippen LogP contribution < -0.4 is 4.74 Å². The van der Waals surface area contributed by atoms with Crippen molar-refractivity contribution in [2.24, 2.45) is 0 Å². The maximum absolute atomic E-state index is 12.2. The van der Waals surface area contributed by atoms with Gasteiger partial charge in [0.15, 0.2) is 6.10 Å². The summed E-state index contributed by atoms with van der Waals surface area (Å²) in [6.45, 7) is 3.25. The second-order valence-corrected chi connectivity index (χ2v) is 5.33. The Morgan fingerprint density at radius 2 is 2.05 bits per heavy atom. The van der Waals surface area contributed by atoms with Crippen molar-refractivity contribution in [2.45, 2.75) is 20.0 Å². The standard InChI is InChI=1S/C15H14O4S/c1-9-8-11(14(16)13-4-3-7-20-13)5-6-12(9)19-10(2)15(17)18/h3-8,10H,1-2H3,(H,17,18). The minimum Gasteiger partial charge on any atom is -0.479 e. The van der Waals surface area contributed by atoms with Crippen LogP contribution in [0.3, 0.4) is 0 Å². The molecule has 1 N–H and O–H groups in total.